The van der Waals surface area contributed by atoms with Crippen LogP contribution in [0, 0.1) is 0 Å². The van der Waals surface area contributed by atoms with E-state index in [1.165, 1.54) is 0 Å². The summed E-state index contributed by atoms with van der Waals surface area (Å²) in [5, 5.41) is 15.3. The second-order valence-corrected chi connectivity index (χ2v) is 8.16. The Kier molecular flexibility index (Phi) is 8.89. The van der Waals surface area contributed by atoms with E-state index in [4.69, 9.17) is 14.3 Å². The van der Waals surface area contributed by atoms with Gasteiger partial charge in [-0.3, -0.25) is 4.79 Å². The number of aromatic nitrogens is 1. The third kappa shape index (κ3) is 8.10. The molecule has 0 spiro atoms. The maximum Gasteiger partial charge on any atom is 0.408 e. The molecular formula is C22H31N3O7. The summed E-state index contributed by atoms with van der Waals surface area (Å²) < 4.78 is 12.1. The van der Waals surface area contributed by atoms with Crippen LogP contribution in [0.2, 0.25) is 0 Å². The first-order valence-corrected chi connectivity index (χ1v) is 10.4. The van der Waals surface area contributed by atoms with Crippen molar-refractivity contribution in [3.63, 3.8) is 0 Å². The molecule has 32 heavy (non-hydrogen) atoms. The Morgan fingerprint density at radius 1 is 1.09 bits per heavy atom. The molecule has 0 aliphatic rings. The van der Waals surface area contributed by atoms with Crippen molar-refractivity contribution in [2.75, 3.05) is 19.8 Å². The molecule has 3 N–H and O–H groups in total. The Morgan fingerprint density at radius 2 is 1.81 bits per heavy atom. The van der Waals surface area contributed by atoms with Crippen molar-refractivity contribution in [2.45, 2.75) is 51.8 Å². The zero-order chi connectivity index (χ0) is 23.7. The molecule has 2 amide bonds. The van der Waals surface area contributed by atoms with Gasteiger partial charge in [-0.05, 0) is 39.8 Å². The van der Waals surface area contributed by atoms with Crippen LogP contribution in [0.25, 0.3) is 10.9 Å². The molecular weight excluding hydrogens is 418 g/mol. The molecule has 1 aromatic heterocycles. The van der Waals surface area contributed by atoms with Gasteiger partial charge in [0, 0.05) is 18.2 Å². The van der Waals surface area contributed by atoms with Crippen LogP contribution in [0.15, 0.2) is 36.5 Å². The lowest BCUT2D eigenvalue weighted by molar-refractivity contribution is -0.141. The van der Waals surface area contributed by atoms with Gasteiger partial charge in [-0.2, -0.15) is 4.73 Å². The van der Waals surface area contributed by atoms with Gasteiger partial charge < -0.3 is 30.1 Å². The summed E-state index contributed by atoms with van der Waals surface area (Å²) in [6.45, 7) is 7.51. The van der Waals surface area contributed by atoms with E-state index in [1.54, 1.807) is 31.7 Å². The maximum atomic E-state index is 12.5. The number of carbonyl (C=O) groups excluding carboxylic acids is 2. The molecule has 10 nitrogen and oxygen atoms in total. The van der Waals surface area contributed by atoms with Crippen LogP contribution < -0.4 is 15.5 Å². The van der Waals surface area contributed by atoms with E-state index in [0.717, 1.165) is 10.9 Å². The zero-order valence-corrected chi connectivity index (χ0v) is 18.8. The summed E-state index contributed by atoms with van der Waals surface area (Å²) in [7, 11) is 0. The summed E-state index contributed by atoms with van der Waals surface area (Å²) in [6.07, 6.45) is 0.394. The van der Waals surface area contributed by atoms with Crippen molar-refractivity contribution < 1.29 is 33.8 Å². The highest BCUT2D eigenvalue weighted by atomic mass is 16.7. The average molecular weight is 450 g/mol. The second kappa shape index (κ2) is 11.4. The second-order valence-electron chi connectivity index (χ2n) is 8.16. The van der Waals surface area contributed by atoms with Crippen LogP contribution in [0.3, 0.4) is 0 Å². The van der Waals surface area contributed by atoms with Gasteiger partial charge in [0.05, 0.1) is 24.6 Å². The van der Waals surface area contributed by atoms with Gasteiger partial charge >= 0.3 is 12.1 Å². The number of alkyl carbamates (subject to hydrolysis) is 1. The maximum absolute atomic E-state index is 12.5. The average Bonchev–Trinajstić information content (AvgIpc) is 3.11. The number of ether oxygens (including phenoxy) is 2. The highest BCUT2D eigenvalue weighted by Crippen LogP contribution is 2.13. The van der Waals surface area contributed by atoms with Gasteiger partial charge in [0.1, 0.15) is 18.2 Å². The minimum absolute atomic E-state index is 0.0989. The number of nitrogens with zero attached hydrogens (tertiary/aromatic N) is 1. The SMILES string of the molecule is CCOC[C@H](COn1ccc2ccccc21)NC(=O)CC(NC(=O)OC(C)(C)C)C(=O)O. The monoisotopic (exact) mass is 449 g/mol. The van der Waals surface area contributed by atoms with E-state index in [1.807, 2.05) is 37.3 Å². The highest BCUT2D eigenvalue weighted by Gasteiger charge is 2.27. The Hall–Kier alpha value is -3.27. The predicted molar refractivity (Wildman–Crippen MR) is 117 cm³/mol. The van der Waals surface area contributed by atoms with Gasteiger partial charge in [-0.1, -0.05) is 18.2 Å². The normalized spacial score (nSPS) is 13.2. The number of aliphatic carboxylic acids is 1. The molecule has 2 aromatic rings. The minimum atomic E-state index is -1.44. The third-order valence-electron chi connectivity index (χ3n) is 4.25. The number of carboxylic acids is 1. The number of para-hydroxylation sites is 1. The van der Waals surface area contributed by atoms with E-state index in [2.05, 4.69) is 10.6 Å². The number of carbonyl (C=O) groups is 3. The minimum Gasteiger partial charge on any atom is -0.480 e. The first-order valence-electron chi connectivity index (χ1n) is 10.4. The molecule has 0 fully saturated rings. The molecule has 0 saturated heterocycles. The number of hydrogen-bond donors (Lipinski definition) is 3. The molecule has 1 unspecified atom stereocenters. The number of fused-ring (bicyclic) bond motifs is 1. The van der Waals surface area contributed by atoms with Crippen LogP contribution >= 0.6 is 0 Å². The van der Waals surface area contributed by atoms with Gasteiger partial charge in [0.15, 0.2) is 0 Å². The fraction of sp³-hybridized carbons (Fsp3) is 0.500. The Balaban J connectivity index is 1.96. The lowest BCUT2D eigenvalue weighted by Gasteiger charge is -2.23. The van der Waals surface area contributed by atoms with Crippen LogP contribution in [0.4, 0.5) is 4.79 Å². The van der Waals surface area contributed by atoms with Crippen molar-refractivity contribution >= 4 is 28.9 Å². The fourth-order valence-electron chi connectivity index (χ4n) is 2.85. The summed E-state index contributed by atoms with van der Waals surface area (Å²) in [5.41, 5.74) is 0.0827. The van der Waals surface area contributed by atoms with Gasteiger partial charge in [-0.15, -0.1) is 0 Å². The van der Waals surface area contributed by atoms with Crippen LogP contribution in [-0.4, -0.2) is 65.3 Å². The fourth-order valence-corrected chi connectivity index (χ4v) is 2.85. The van der Waals surface area contributed by atoms with Crippen molar-refractivity contribution in [3.05, 3.63) is 36.5 Å². The van der Waals surface area contributed by atoms with Crippen molar-refractivity contribution in [1.29, 1.82) is 0 Å². The Bertz CT molecular complexity index is 920. The largest absolute Gasteiger partial charge is 0.480 e. The van der Waals surface area contributed by atoms with E-state index >= 15 is 0 Å². The van der Waals surface area contributed by atoms with Crippen molar-refractivity contribution in [1.82, 2.24) is 15.4 Å². The molecule has 1 aromatic carbocycles. The summed E-state index contributed by atoms with van der Waals surface area (Å²) in [4.78, 5) is 41.7. The van der Waals surface area contributed by atoms with E-state index in [-0.39, 0.29) is 13.2 Å². The number of carboxylic acid groups (broad SMARTS) is 1. The summed E-state index contributed by atoms with van der Waals surface area (Å²) in [5.74, 6) is -1.92. The molecule has 2 rings (SSSR count). The standard InChI is InChI=1S/C22H31N3O7/c1-5-30-13-16(14-31-25-11-10-15-8-6-7-9-18(15)25)23-19(26)12-17(20(27)28)24-21(29)32-22(2,3)4/h6-11,16-17H,5,12-14H2,1-4H3,(H,23,26)(H,24,29)(H,27,28)/t16-,17?/m1/s1. The predicted octanol–water partition coefficient (Wildman–Crippen LogP) is 1.96. The lowest BCUT2D eigenvalue weighted by atomic mass is 10.2. The Morgan fingerprint density at radius 3 is 2.47 bits per heavy atom. The molecule has 176 valence electrons. The molecule has 0 aliphatic heterocycles. The molecule has 0 saturated carbocycles. The topological polar surface area (TPSA) is 128 Å². The van der Waals surface area contributed by atoms with Gasteiger partial charge in [0.25, 0.3) is 0 Å². The van der Waals surface area contributed by atoms with Gasteiger partial charge in [-0.25, -0.2) is 9.59 Å². The molecule has 1 heterocycles. The number of benzene rings is 1. The van der Waals surface area contributed by atoms with Crippen LogP contribution in [-0.2, 0) is 19.1 Å². The van der Waals surface area contributed by atoms with Gasteiger partial charge in [0.2, 0.25) is 5.91 Å². The molecule has 10 heteroatoms. The van der Waals surface area contributed by atoms with Crippen LogP contribution in [0.5, 0.6) is 0 Å². The van der Waals surface area contributed by atoms with E-state index in [9.17, 15) is 19.5 Å². The van der Waals surface area contributed by atoms with Crippen molar-refractivity contribution in [2.24, 2.45) is 0 Å². The third-order valence-corrected chi connectivity index (χ3v) is 4.25. The molecule has 2 atom stereocenters. The number of nitrogens with one attached hydrogen (secondary N) is 2. The lowest BCUT2D eigenvalue weighted by Crippen LogP contribution is -2.49. The molecule has 0 radical (unpaired) electrons. The first-order chi connectivity index (χ1) is 15.1. The number of hydrogen-bond acceptors (Lipinski definition) is 6. The molecule has 0 aliphatic carbocycles. The van der Waals surface area contributed by atoms with Crippen molar-refractivity contribution in [3.8, 4) is 0 Å². The summed E-state index contributed by atoms with van der Waals surface area (Å²) >= 11 is 0. The quantitative estimate of drug-likeness (QED) is 0.478. The smallest absolute Gasteiger partial charge is 0.408 e. The first kappa shape index (κ1) is 25.0. The molecule has 0 bridgehead atoms. The van der Waals surface area contributed by atoms with E-state index in [0.29, 0.717) is 6.61 Å². The summed E-state index contributed by atoms with van der Waals surface area (Å²) in [6, 6.07) is 7.63. The highest BCUT2D eigenvalue weighted by molar-refractivity contribution is 5.87. The van der Waals surface area contributed by atoms with Crippen LogP contribution in [0.1, 0.15) is 34.1 Å². The van der Waals surface area contributed by atoms with E-state index < -0.39 is 42.1 Å². The Labute approximate surface area is 186 Å². The number of rotatable bonds is 11. The number of amides is 2. The zero-order valence-electron chi connectivity index (χ0n) is 18.8.